The van der Waals surface area contributed by atoms with Gasteiger partial charge >= 0.3 is 0 Å². The fraction of sp³-hybridized carbons (Fsp3) is 0. The van der Waals surface area contributed by atoms with Crippen molar-refractivity contribution in [1.82, 2.24) is 0 Å². The molecule has 8 heteroatoms. The molecule has 0 unspecified atom stereocenters. The molecule has 0 aliphatic heterocycles. The minimum Gasteiger partial charge on any atom is -0.321 e. The Hall–Kier alpha value is -2.37. The van der Waals surface area contributed by atoms with Crippen molar-refractivity contribution in [2.75, 3.05) is 5.32 Å². The molecule has 0 fully saturated rings. The molecule has 0 atom stereocenters. The van der Waals surface area contributed by atoms with Crippen LogP contribution in [-0.2, 0) is 0 Å². The van der Waals surface area contributed by atoms with E-state index in [-0.39, 0.29) is 59.6 Å². The number of hydrogen-bond donors (Lipinski definition) is 1. The van der Waals surface area contributed by atoms with Crippen LogP contribution in [0.4, 0.5) is 5.69 Å². The van der Waals surface area contributed by atoms with Gasteiger partial charge < -0.3 is 5.32 Å². The molecule has 0 aromatic heterocycles. The van der Waals surface area contributed by atoms with Crippen molar-refractivity contribution in [2.45, 2.75) is 0 Å². The standard InChI is InChI=1S/C21H9Cl4NO3/c22-13-8-12(16(23)18(25)17(13)24)21(29)26-14-7-3-6-11-15(14)20(28)10-5-2-1-4-9(10)19(11)27/h1-8H,(H,26,29). The SMILES string of the molecule is O=C(Nc1cccc2c1C(=O)c1ccccc1C2=O)c1cc(Cl)c(Cl)c(Cl)c1Cl. The van der Waals surface area contributed by atoms with Crippen molar-refractivity contribution in [3.05, 3.63) is 96.4 Å². The third kappa shape index (κ3) is 3.22. The lowest BCUT2D eigenvalue weighted by Gasteiger charge is -2.20. The summed E-state index contributed by atoms with van der Waals surface area (Å²) in [5, 5.41) is 2.59. The van der Waals surface area contributed by atoms with Crippen molar-refractivity contribution in [3.63, 3.8) is 0 Å². The normalized spacial score (nSPS) is 12.4. The average molecular weight is 465 g/mol. The predicted molar refractivity (Wildman–Crippen MR) is 114 cm³/mol. The second-order valence-electron chi connectivity index (χ2n) is 6.23. The summed E-state index contributed by atoms with van der Waals surface area (Å²) >= 11 is 24.1. The van der Waals surface area contributed by atoms with Gasteiger partial charge in [0.25, 0.3) is 5.91 Å². The summed E-state index contributed by atoms with van der Waals surface area (Å²) in [5.74, 6) is -1.30. The third-order valence-corrected chi connectivity index (χ3v) is 6.30. The van der Waals surface area contributed by atoms with Gasteiger partial charge in [-0.2, -0.15) is 0 Å². The predicted octanol–water partition coefficient (Wildman–Crippen LogP) is 6.33. The first-order valence-corrected chi connectivity index (χ1v) is 9.78. The summed E-state index contributed by atoms with van der Waals surface area (Å²) in [4.78, 5) is 38.6. The van der Waals surface area contributed by atoms with Crippen LogP contribution in [0.15, 0.2) is 48.5 Å². The van der Waals surface area contributed by atoms with E-state index in [9.17, 15) is 14.4 Å². The lowest BCUT2D eigenvalue weighted by molar-refractivity contribution is 0.0978. The van der Waals surface area contributed by atoms with Gasteiger partial charge in [0, 0.05) is 16.7 Å². The molecule has 1 amide bonds. The number of halogens is 4. The number of fused-ring (bicyclic) bond motifs is 2. The second kappa shape index (κ2) is 7.47. The number of rotatable bonds is 2. The minimum atomic E-state index is -0.650. The largest absolute Gasteiger partial charge is 0.321 e. The number of benzene rings is 3. The van der Waals surface area contributed by atoms with Crippen LogP contribution in [0.25, 0.3) is 0 Å². The highest BCUT2D eigenvalue weighted by Gasteiger charge is 2.32. The van der Waals surface area contributed by atoms with Crippen molar-refractivity contribution >= 4 is 69.6 Å². The molecule has 144 valence electrons. The van der Waals surface area contributed by atoms with Crippen LogP contribution in [-0.4, -0.2) is 17.5 Å². The molecule has 4 rings (SSSR count). The fourth-order valence-corrected chi connectivity index (χ4v) is 4.06. The van der Waals surface area contributed by atoms with Gasteiger partial charge in [0.05, 0.1) is 36.9 Å². The van der Waals surface area contributed by atoms with Gasteiger partial charge in [-0.3, -0.25) is 14.4 Å². The summed E-state index contributed by atoms with van der Waals surface area (Å²) in [6, 6.07) is 12.5. The molecule has 4 nitrogen and oxygen atoms in total. The molecule has 0 saturated heterocycles. The first kappa shape index (κ1) is 19.9. The summed E-state index contributed by atoms with van der Waals surface area (Å²) in [5.41, 5.74) is 1.10. The molecular weight excluding hydrogens is 456 g/mol. The van der Waals surface area contributed by atoms with Crippen molar-refractivity contribution in [3.8, 4) is 0 Å². The quantitative estimate of drug-likeness (QED) is 0.278. The van der Waals surface area contributed by atoms with E-state index in [1.807, 2.05) is 0 Å². The Morgan fingerprint density at radius 2 is 1.34 bits per heavy atom. The molecule has 0 radical (unpaired) electrons. The molecule has 1 aliphatic rings. The van der Waals surface area contributed by atoms with Gasteiger partial charge in [-0.05, 0) is 12.1 Å². The van der Waals surface area contributed by atoms with Gasteiger partial charge in [-0.1, -0.05) is 82.8 Å². The summed E-state index contributed by atoms with van der Waals surface area (Å²) in [6.07, 6.45) is 0. The number of amides is 1. The third-order valence-electron chi connectivity index (χ3n) is 4.55. The molecule has 0 saturated carbocycles. The number of anilines is 1. The smallest absolute Gasteiger partial charge is 0.257 e. The summed E-state index contributed by atoms with van der Waals surface area (Å²) < 4.78 is 0. The zero-order chi connectivity index (χ0) is 20.9. The van der Waals surface area contributed by atoms with Crippen molar-refractivity contribution in [2.24, 2.45) is 0 Å². The lowest BCUT2D eigenvalue weighted by atomic mass is 9.83. The molecule has 0 spiro atoms. The fourth-order valence-electron chi connectivity index (χ4n) is 3.18. The zero-order valence-corrected chi connectivity index (χ0v) is 17.4. The maximum Gasteiger partial charge on any atom is 0.257 e. The Kier molecular flexibility index (Phi) is 5.13. The van der Waals surface area contributed by atoms with E-state index in [1.54, 1.807) is 36.4 Å². The van der Waals surface area contributed by atoms with E-state index < -0.39 is 5.91 Å². The maximum atomic E-state index is 13.0. The number of nitrogens with one attached hydrogen (secondary N) is 1. The second-order valence-corrected chi connectivity index (χ2v) is 7.78. The molecule has 3 aromatic carbocycles. The first-order valence-electron chi connectivity index (χ1n) is 8.27. The van der Waals surface area contributed by atoms with Crippen molar-refractivity contribution < 1.29 is 14.4 Å². The Bertz CT molecular complexity index is 1240. The van der Waals surface area contributed by atoms with Gasteiger partial charge in [-0.25, -0.2) is 0 Å². The van der Waals surface area contributed by atoms with E-state index >= 15 is 0 Å². The number of ketones is 2. The van der Waals surface area contributed by atoms with Crippen molar-refractivity contribution in [1.29, 1.82) is 0 Å². The van der Waals surface area contributed by atoms with Crippen LogP contribution < -0.4 is 5.32 Å². The van der Waals surface area contributed by atoms with E-state index in [2.05, 4.69) is 5.32 Å². The number of hydrogen-bond acceptors (Lipinski definition) is 3. The Morgan fingerprint density at radius 1 is 0.724 bits per heavy atom. The van der Waals surface area contributed by atoms with Crippen LogP contribution in [0.3, 0.4) is 0 Å². The van der Waals surface area contributed by atoms with Gasteiger partial charge in [0.1, 0.15) is 0 Å². The highest BCUT2D eigenvalue weighted by Crippen LogP contribution is 2.39. The van der Waals surface area contributed by atoms with Gasteiger partial charge in [0.15, 0.2) is 11.6 Å². The van der Waals surface area contributed by atoms with Crippen LogP contribution in [0.5, 0.6) is 0 Å². The Morgan fingerprint density at radius 3 is 2.03 bits per heavy atom. The van der Waals surface area contributed by atoms with E-state index in [4.69, 9.17) is 46.4 Å². The van der Waals surface area contributed by atoms with Crippen LogP contribution >= 0.6 is 46.4 Å². The average Bonchev–Trinajstić information content (AvgIpc) is 2.73. The molecule has 1 N–H and O–H groups in total. The molecular formula is C21H9Cl4NO3. The molecule has 1 aliphatic carbocycles. The molecule has 29 heavy (non-hydrogen) atoms. The monoisotopic (exact) mass is 463 g/mol. The maximum absolute atomic E-state index is 13.0. The van der Waals surface area contributed by atoms with E-state index in [1.165, 1.54) is 12.1 Å². The molecule has 3 aromatic rings. The van der Waals surface area contributed by atoms with E-state index in [0.717, 1.165) is 0 Å². The Balaban J connectivity index is 1.79. The lowest BCUT2D eigenvalue weighted by Crippen LogP contribution is -2.24. The van der Waals surface area contributed by atoms with Crippen LogP contribution in [0, 0.1) is 0 Å². The topological polar surface area (TPSA) is 63.2 Å². The highest BCUT2D eigenvalue weighted by atomic mass is 35.5. The van der Waals surface area contributed by atoms with Gasteiger partial charge in [0.2, 0.25) is 0 Å². The zero-order valence-electron chi connectivity index (χ0n) is 14.4. The molecule has 0 heterocycles. The van der Waals surface area contributed by atoms with Crippen LogP contribution in [0.2, 0.25) is 20.1 Å². The summed E-state index contributed by atoms with van der Waals surface area (Å²) in [6.45, 7) is 0. The number of carbonyl (C=O) groups excluding carboxylic acids is 3. The van der Waals surface area contributed by atoms with Crippen LogP contribution in [0.1, 0.15) is 42.2 Å². The molecule has 0 bridgehead atoms. The Labute approximate surface area is 185 Å². The minimum absolute atomic E-state index is 0.0151. The first-order chi connectivity index (χ1) is 13.8. The number of carbonyl (C=O) groups is 3. The van der Waals surface area contributed by atoms with Gasteiger partial charge in [-0.15, -0.1) is 0 Å². The summed E-state index contributed by atoms with van der Waals surface area (Å²) in [7, 11) is 0. The highest BCUT2D eigenvalue weighted by molar-refractivity contribution is 6.53. The van der Waals surface area contributed by atoms with E-state index in [0.29, 0.717) is 5.56 Å².